The highest BCUT2D eigenvalue weighted by Gasteiger charge is 2.23. The summed E-state index contributed by atoms with van der Waals surface area (Å²) in [4.78, 5) is 25.5. The molecule has 10 heteroatoms. The Morgan fingerprint density at radius 3 is 2.18 bits per heavy atom. The van der Waals surface area contributed by atoms with Crippen LogP contribution in [-0.4, -0.2) is 32.9 Å². The quantitative estimate of drug-likeness (QED) is 0.370. The molecular formula is C23H24N4O4S2. The summed E-state index contributed by atoms with van der Waals surface area (Å²) in [5.74, 6) is -0.364. The highest BCUT2D eigenvalue weighted by molar-refractivity contribution is 7.89. The van der Waals surface area contributed by atoms with Crippen LogP contribution < -0.4 is 20.7 Å². The van der Waals surface area contributed by atoms with Gasteiger partial charge in [-0.3, -0.25) is 4.79 Å². The minimum atomic E-state index is -3.65. The molecule has 3 aromatic rings. The maximum Gasteiger partial charge on any atom is 0.319 e. The SMILES string of the molecule is O=C(Nc1ccc(NC(=O)c2ccc(S(=O)(=O)NCCc3cccs3)cc2)cc1)NC1CC1. The average Bonchev–Trinajstić information content (AvgIpc) is 3.45. The first-order valence-electron chi connectivity index (χ1n) is 10.5. The Morgan fingerprint density at radius 2 is 1.58 bits per heavy atom. The largest absolute Gasteiger partial charge is 0.335 e. The molecule has 1 aliphatic rings. The molecule has 33 heavy (non-hydrogen) atoms. The molecule has 2 aromatic carbocycles. The van der Waals surface area contributed by atoms with Crippen LogP contribution in [0.5, 0.6) is 0 Å². The predicted molar refractivity (Wildman–Crippen MR) is 129 cm³/mol. The van der Waals surface area contributed by atoms with Crippen molar-refractivity contribution in [3.63, 3.8) is 0 Å². The zero-order chi connectivity index (χ0) is 23.3. The number of rotatable bonds is 9. The van der Waals surface area contributed by atoms with Crippen molar-refractivity contribution in [1.29, 1.82) is 0 Å². The van der Waals surface area contributed by atoms with Gasteiger partial charge in [0.1, 0.15) is 0 Å². The van der Waals surface area contributed by atoms with Crippen molar-refractivity contribution in [3.05, 3.63) is 76.5 Å². The fraction of sp³-hybridized carbons (Fsp3) is 0.217. The summed E-state index contributed by atoms with van der Waals surface area (Å²) in [6.07, 6.45) is 2.64. The van der Waals surface area contributed by atoms with Crippen LogP contribution >= 0.6 is 11.3 Å². The molecule has 4 N–H and O–H groups in total. The van der Waals surface area contributed by atoms with Crippen molar-refractivity contribution in [2.24, 2.45) is 0 Å². The van der Waals surface area contributed by atoms with Gasteiger partial charge in [0.25, 0.3) is 5.91 Å². The van der Waals surface area contributed by atoms with Crippen molar-refractivity contribution in [1.82, 2.24) is 10.0 Å². The summed E-state index contributed by atoms with van der Waals surface area (Å²) < 4.78 is 27.5. The van der Waals surface area contributed by atoms with Crippen LogP contribution in [0.25, 0.3) is 0 Å². The molecular weight excluding hydrogens is 460 g/mol. The molecule has 0 unspecified atom stereocenters. The molecule has 0 saturated heterocycles. The third-order valence-corrected chi connectivity index (χ3v) is 7.40. The van der Waals surface area contributed by atoms with Crippen LogP contribution in [-0.2, 0) is 16.4 Å². The molecule has 1 aromatic heterocycles. The van der Waals surface area contributed by atoms with E-state index < -0.39 is 10.0 Å². The first-order chi connectivity index (χ1) is 15.9. The topological polar surface area (TPSA) is 116 Å². The Bertz CT molecular complexity index is 1200. The van der Waals surface area contributed by atoms with Gasteiger partial charge in [-0.15, -0.1) is 11.3 Å². The minimum Gasteiger partial charge on any atom is -0.335 e. The van der Waals surface area contributed by atoms with Gasteiger partial charge in [0, 0.05) is 34.4 Å². The number of hydrogen-bond donors (Lipinski definition) is 4. The normalized spacial score (nSPS) is 13.3. The van der Waals surface area contributed by atoms with Crippen molar-refractivity contribution < 1.29 is 18.0 Å². The Morgan fingerprint density at radius 1 is 0.909 bits per heavy atom. The second kappa shape index (κ2) is 10.2. The standard InChI is InChI=1S/C23H24N4O4S2/c28-22(25-17-5-7-18(8-6-17)26-23(29)27-19-9-10-19)16-3-11-21(12-4-16)33(30,31)24-14-13-20-2-1-15-32-20/h1-8,11-12,15,19,24H,9-10,13-14H2,(H,25,28)(H2,26,27,29). The first kappa shape index (κ1) is 23.0. The third kappa shape index (κ3) is 6.64. The van der Waals surface area contributed by atoms with E-state index in [1.54, 1.807) is 35.6 Å². The molecule has 8 nitrogen and oxygen atoms in total. The molecule has 3 amide bonds. The van der Waals surface area contributed by atoms with Crippen LogP contribution in [0.15, 0.2) is 70.9 Å². The van der Waals surface area contributed by atoms with E-state index in [0.29, 0.717) is 29.9 Å². The Labute approximate surface area is 196 Å². The lowest BCUT2D eigenvalue weighted by Crippen LogP contribution is -2.30. The maximum absolute atomic E-state index is 12.5. The van der Waals surface area contributed by atoms with Gasteiger partial charge in [0.15, 0.2) is 0 Å². The van der Waals surface area contributed by atoms with Crippen LogP contribution in [0.2, 0.25) is 0 Å². The average molecular weight is 485 g/mol. The summed E-state index contributed by atoms with van der Waals surface area (Å²) in [5.41, 5.74) is 1.51. The number of carbonyl (C=O) groups excluding carboxylic acids is 2. The van der Waals surface area contributed by atoms with E-state index in [-0.39, 0.29) is 22.9 Å². The number of urea groups is 1. The maximum atomic E-state index is 12.5. The zero-order valence-corrected chi connectivity index (χ0v) is 19.3. The lowest BCUT2D eigenvalue weighted by Gasteiger charge is -2.09. The van der Waals surface area contributed by atoms with E-state index in [4.69, 9.17) is 0 Å². The fourth-order valence-corrected chi connectivity index (χ4v) is 4.79. The van der Waals surface area contributed by atoms with E-state index in [0.717, 1.165) is 17.7 Å². The van der Waals surface area contributed by atoms with Gasteiger partial charge in [-0.25, -0.2) is 17.9 Å². The van der Waals surface area contributed by atoms with Gasteiger partial charge in [-0.05, 0) is 79.2 Å². The molecule has 4 rings (SSSR count). The van der Waals surface area contributed by atoms with Crippen LogP contribution in [0.3, 0.4) is 0 Å². The third-order valence-electron chi connectivity index (χ3n) is 4.98. The van der Waals surface area contributed by atoms with Gasteiger partial charge < -0.3 is 16.0 Å². The smallest absolute Gasteiger partial charge is 0.319 e. The number of benzene rings is 2. The highest BCUT2D eigenvalue weighted by Crippen LogP contribution is 2.20. The van der Waals surface area contributed by atoms with Crippen molar-refractivity contribution >= 4 is 44.7 Å². The molecule has 0 aliphatic heterocycles. The summed E-state index contributed by atoms with van der Waals surface area (Å²) in [6.45, 7) is 0.304. The number of anilines is 2. The number of sulfonamides is 1. The molecule has 0 atom stereocenters. The lowest BCUT2D eigenvalue weighted by atomic mass is 10.2. The number of carbonyl (C=O) groups is 2. The Kier molecular flexibility index (Phi) is 7.07. The molecule has 1 aliphatic carbocycles. The van der Waals surface area contributed by atoms with Gasteiger partial charge in [-0.1, -0.05) is 6.07 Å². The molecule has 1 saturated carbocycles. The van der Waals surface area contributed by atoms with E-state index in [1.165, 1.54) is 24.3 Å². The molecule has 172 valence electrons. The van der Waals surface area contributed by atoms with Crippen molar-refractivity contribution in [2.45, 2.75) is 30.2 Å². The summed E-state index contributed by atoms with van der Waals surface area (Å²) >= 11 is 1.58. The molecule has 0 spiro atoms. The minimum absolute atomic E-state index is 0.102. The monoisotopic (exact) mass is 484 g/mol. The molecule has 1 fully saturated rings. The number of thiophene rings is 1. The molecule has 0 bridgehead atoms. The van der Waals surface area contributed by atoms with Gasteiger partial charge >= 0.3 is 6.03 Å². The Balaban J connectivity index is 1.29. The first-order valence-corrected chi connectivity index (χ1v) is 12.9. The summed E-state index contributed by atoms with van der Waals surface area (Å²) in [7, 11) is -3.65. The molecule has 0 radical (unpaired) electrons. The van der Waals surface area contributed by atoms with Crippen LogP contribution in [0.4, 0.5) is 16.2 Å². The van der Waals surface area contributed by atoms with E-state index in [9.17, 15) is 18.0 Å². The number of hydrogen-bond acceptors (Lipinski definition) is 5. The van der Waals surface area contributed by atoms with Crippen LogP contribution in [0.1, 0.15) is 28.1 Å². The van der Waals surface area contributed by atoms with E-state index in [2.05, 4.69) is 20.7 Å². The molecule has 1 heterocycles. The van der Waals surface area contributed by atoms with E-state index >= 15 is 0 Å². The second-order valence-corrected chi connectivity index (χ2v) is 10.5. The lowest BCUT2D eigenvalue weighted by molar-refractivity contribution is 0.102. The van der Waals surface area contributed by atoms with Gasteiger partial charge in [-0.2, -0.15) is 0 Å². The van der Waals surface area contributed by atoms with Gasteiger partial charge in [0.05, 0.1) is 4.90 Å². The number of nitrogens with one attached hydrogen (secondary N) is 4. The predicted octanol–water partition coefficient (Wildman–Crippen LogP) is 3.81. The van der Waals surface area contributed by atoms with Gasteiger partial charge in [0.2, 0.25) is 10.0 Å². The zero-order valence-electron chi connectivity index (χ0n) is 17.7. The Hall–Kier alpha value is -3.21. The highest BCUT2D eigenvalue weighted by atomic mass is 32.2. The second-order valence-electron chi connectivity index (χ2n) is 7.66. The fourth-order valence-electron chi connectivity index (χ4n) is 3.05. The van der Waals surface area contributed by atoms with E-state index in [1.807, 2.05) is 17.5 Å². The van der Waals surface area contributed by atoms with Crippen molar-refractivity contribution in [2.75, 3.05) is 17.2 Å². The summed E-state index contributed by atoms with van der Waals surface area (Å²) in [5, 5.41) is 10.3. The number of amides is 3. The van der Waals surface area contributed by atoms with Crippen LogP contribution in [0, 0.1) is 0 Å². The summed E-state index contributed by atoms with van der Waals surface area (Å²) in [6, 6.07) is 16.4. The van der Waals surface area contributed by atoms with Crippen molar-refractivity contribution in [3.8, 4) is 0 Å².